The predicted molar refractivity (Wildman–Crippen MR) is 78.4 cm³/mol. The van der Waals surface area contributed by atoms with Crippen LogP contribution in [0.4, 0.5) is 0 Å². The number of hydrogen-bond donors (Lipinski definition) is 0. The van der Waals surface area contributed by atoms with Crippen LogP contribution < -0.4 is 0 Å². The summed E-state index contributed by atoms with van der Waals surface area (Å²) < 4.78 is 11.4. The van der Waals surface area contributed by atoms with Crippen LogP contribution in [0.5, 0.6) is 0 Å². The molecule has 0 bridgehead atoms. The van der Waals surface area contributed by atoms with Crippen LogP contribution in [0.15, 0.2) is 48.5 Å². The Hall–Kier alpha value is -2.62. The molecule has 0 amide bonds. The average molecular weight is 294 g/mol. The molecule has 0 spiro atoms. The minimum atomic E-state index is -1.05. The summed E-state index contributed by atoms with van der Waals surface area (Å²) in [5, 5.41) is 0. The number of hydrogen-bond acceptors (Lipinski definition) is 4. The molecule has 0 saturated heterocycles. The number of carbonyl (C=O) groups is 2. The highest BCUT2D eigenvalue weighted by atomic mass is 16.6. The third-order valence-electron chi connectivity index (χ3n) is 4.83. The van der Waals surface area contributed by atoms with Gasteiger partial charge >= 0.3 is 11.9 Å². The average Bonchev–Trinajstić information content (AvgIpc) is 2.95. The van der Waals surface area contributed by atoms with E-state index in [-0.39, 0.29) is 11.9 Å². The van der Waals surface area contributed by atoms with Crippen LogP contribution in [-0.2, 0) is 20.7 Å². The largest absolute Gasteiger partial charge is 0.446 e. The molecule has 0 aliphatic carbocycles. The zero-order valence-electron chi connectivity index (χ0n) is 12.3. The lowest BCUT2D eigenvalue weighted by atomic mass is 9.75. The molecular formula is C18H14O4. The van der Waals surface area contributed by atoms with Crippen LogP contribution in [0.1, 0.15) is 45.7 Å². The smallest absolute Gasteiger partial charge is 0.339 e. The molecule has 2 aliphatic rings. The van der Waals surface area contributed by atoms with E-state index in [1.165, 1.54) is 0 Å². The van der Waals surface area contributed by atoms with E-state index in [2.05, 4.69) is 0 Å². The van der Waals surface area contributed by atoms with E-state index >= 15 is 0 Å². The van der Waals surface area contributed by atoms with Gasteiger partial charge in [0, 0.05) is 11.1 Å². The number of esters is 2. The Morgan fingerprint density at radius 2 is 1.05 bits per heavy atom. The SMILES string of the molecule is CC1(C2(C)OC(=O)c3ccccc32)OC(=O)c2ccccc21. The second-order valence-corrected chi connectivity index (χ2v) is 5.94. The summed E-state index contributed by atoms with van der Waals surface area (Å²) in [6.07, 6.45) is 0. The molecule has 2 aliphatic heterocycles. The first-order valence-corrected chi connectivity index (χ1v) is 7.13. The maximum absolute atomic E-state index is 12.2. The topological polar surface area (TPSA) is 52.6 Å². The number of fused-ring (bicyclic) bond motifs is 2. The molecule has 2 unspecified atom stereocenters. The van der Waals surface area contributed by atoms with E-state index in [0.717, 1.165) is 11.1 Å². The van der Waals surface area contributed by atoms with Crippen molar-refractivity contribution in [2.45, 2.75) is 25.0 Å². The first kappa shape index (κ1) is 13.1. The minimum absolute atomic E-state index is 0.389. The summed E-state index contributed by atoms with van der Waals surface area (Å²) in [5.41, 5.74) is 0.420. The fourth-order valence-electron chi connectivity index (χ4n) is 3.45. The van der Waals surface area contributed by atoms with Crippen molar-refractivity contribution in [2.24, 2.45) is 0 Å². The van der Waals surface area contributed by atoms with E-state index < -0.39 is 11.2 Å². The monoisotopic (exact) mass is 294 g/mol. The molecule has 0 saturated carbocycles. The summed E-state index contributed by atoms with van der Waals surface area (Å²) in [5.74, 6) is -0.778. The van der Waals surface area contributed by atoms with Gasteiger partial charge in [-0.05, 0) is 26.0 Å². The molecule has 4 heteroatoms. The van der Waals surface area contributed by atoms with Crippen molar-refractivity contribution in [3.8, 4) is 0 Å². The zero-order chi connectivity index (χ0) is 15.5. The molecule has 110 valence electrons. The van der Waals surface area contributed by atoms with Gasteiger partial charge in [-0.3, -0.25) is 0 Å². The molecule has 22 heavy (non-hydrogen) atoms. The highest BCUT2D eigenvalue weighted by Gasteiger charge is 2.61. The number of benzene rings is 2. The summed E-state index contributed by atoms with van der Waals surface area (Å²) in [6.45, 7) is 3.60. The molecule has 0 aromatic heterocycles. The fourth-order valence-corrected chi connectivity index (χ4v) is 3.45. The van der Waals surface area contributed by atoms with Crippen LogP contribution in [-0.4, -0.2) is 11.9 Å². The maximum Gasteiger partial charge on any atom is 0.339 e. The molecule has 2 aromatic carbocycles. The fraction of sp³-hybridized carbons (Fsp3) is 0.222. The van der Waals surface area contributed by atoms with Crippen LogP contribution in [0.25, 0.3) is 0 Å². The van der Waals surface area contributed by atoms with Crippen molar-refractivity contribution < 1.29 is 19.1 Å². The quantitative estimate of drug-likeness (QED) is 0.758. The van der Waals surface area contributed by atoms with Gasteiger partial charge in [0.15, 0.2) is 11.2 Å². The first-order chi connectivity index (χ1) is 10.5. The van der Waals surface area contributed by atoms with Gasteiger partial charge in [0.2, 0.25) is 0 Å². The van der Waals surface area contributed by atoms with Gasteiger partial charge in [-0.1, -0.05) is 36.4 Å². The van der Waals surface area contributed by atoms with Crippen molar-refractivity contribution in [3.63, 3.8) is 0 Å². The lowest BCUT2D eigenvalue weighted by Crippen LogP contribution is -2.45. The Balaban J connectivity index is 1.97. The molecule has 2 aromatic rings. The Morgan fingerprint density at radius 1 is 0.682 bits per heavy atom. The Labute approximate surface area is 127 Å². The molecule has 4 nitrogen and oxygen atoms in total. The van der Waals surface area contributed by atoms with E-state index in [1.807, 2.05) is 24.3 Å². The van der Waals surface area contributed by atoms with Gasteiger partial charge < -0.3 is 9.47 Å². The van der Waals surface area contributed by atoms with Crippen molar-refractivity contribution >= 4 is 11.9 Å². The highest BCUT2D eigenvalue weighted by Crippen LogP contribution is 2.54. The lowest BCUT2D eigenvalue weighted by molar-refractivity contribution is -0.137. The van der Waals surface area contributed by atoms with Gasteiger partial charge in [0.1, 0.15) is 0 Å². The van der Waals surface area contributed by atoms with Crippen molar-refractivity contribution in [1.82, 2.24) is 0 Å². The summed E-state index contributed by atoms with van der Waals surface area (Å²) in [6, 6.07) is 14.5. The van der Waals surface area contributed by atoms with E-state index in [0.29, 0.717) is 11.1 Å². The van der Waals surface area contributed by atoms with Gasteiger partial charge in [-0.15, -0.1) is 0 Å². The third-order valence-corrected chi connectivity index (χ3v) is 4.83. The number of ether oxygens (including phenoxy) is 2. The minimum Gasteiger partial charge on any atom is -0.446 e. The highest BCUT2D eigenvalue weighted by molar-refractivity contribution is 5.97. The number of cyclic esters (lactones) is 2. The van der Waals surface area contributed by atoms with E-state index in [1.54, 1.807) is 38.1 Å². The van der Waals surface area contributed by atoms with E-state index in [9.17, 15) is 9.59 Å². The lowest BCUT2D eigenvalue weighted by Gasteiger charge is -2.39. The molecule has 0 N–H and O–H groups in total. The number of carbonyl (C=O) groups excluding carboxylic acids is 2. The Bertz CT molecular complexity index is 756. The van der Waals surface area contributed by atoms with Crippen LogP contribution >= 0.6 is 0 Å². The summed E-state index contributed by atoms with van der Waals surface area (Å²) in [7, 11) is 0. The van der Waals surface area contributed by atoms with Crippen LogP contribution in [0.3, 0.4) is 0 Å². The zero-order valence-corrected chi connectivity index (χ0v) is 12.3. The van der Waals surface area contributed by atoms with Gasteiger partial charge in [0.05, 0.1) is 11.1 Å². The Kier molecular flexibility index (Phi) is 2.36. The van der Waals surface area contributed by atoms with Crippen molar-refractivity contribution in [1.29, 1.82) is 0 Å². The first-order valence-electron chi connectivity index (χ1n) is 7.13. The second-order valence-electron chi connectivity index (χ2n) is 5.94. The van der Waals surface area contributed by atoms with Gasteiger partial charge in [-0.25, -0.2) is 9.59 Å². The van der Waals surface area contributed by atoms with Crippen molar-refractivity contribution in [3.05, 3.63) is 70.8 Å². The van der Waals surface area contributed by atoms with Crippen molar-refractivity contribution in [2.75, 3.05) is 0 Å². The van der Waals surface area contributed by atoms with Crippen LogP contribution in [0, 0.1) is 0 Å². The Morgan fingerprint density at radius 3 is 1.45 bits per heavy atom. The van der Waals surface area contributed by atoms with Crippen LogP contribution in [0.2, 0.25) is 0 Å². The molecule has 0 fully saturated rings. The van der Waals surface area contributed by atoms with E-state index in [4.69, 9.17) is 9.47 Å². The maximum atomic E-state index is 12.2. The molecular weight excluding hydrogens is 280 g/mol. The number of rotatable bonds is 1. The van der Waals surface area contributed by atoms with Gasteiger partial charge in [0.25, 0.3) is 0 Å². The predicted octanol–water partition coefficient (Wildman–Crippen LogP) is 3.16. The van der Waals surface area contributed by atoms with Gasteiger partial charge in [-0.2, -0.15) is 0 Å². The third kappa shape index (κ3) is 1.37. The normalized spacial score (nSPS) is 28.8. The summed E-state index contributed by atoms with van der Waals surface area (Å²) in [4.78, 5) is 24.4. The molecule has 2 heterocycles. The molecule has 4 rings (SSSR count). The molecule has 2 atom stereocenters. The standard InChI is InChI=1S/C18H14O4/c1-17(13-9-5-3-7-11(13)15(19)21-17)18(2)14-10-6-4-8-12(14)16(20)22-18/h3-10H,1-2H3. The summed E-state index contributed by atoms with van der Waals surface area (Å²) >= 11 is 0. The molecule has 0 radical (unpaired) electrons. The second kappa shape index (κ2) is 3.97.